The zero-order valence-corrected chi connectivity index (χ0v) is 5.56. The summed E-state index contributed by atoms with van der Waals surface area (Å²) in [5.74, 6) is 0.556. The van der Waals surface area contributed by atoms with Gasteiger partial charge in [0.2, 0.25) is 0 Å². The molecule has 0 atom stereocenters. The smallest absolute Gasteiger partial charge is 0.0609 e. The third-order valence-electron chi connectivity index (χ3n) is 0.238. The summed E-state index contributed by atoms with van der Waals surface area (Å²) in [5.41, 5.74) is 0. The van der Waals surface area contributed by atoms with Gasteiger partial charge in [-0.25, -0.2) is 0 Å². The highest BCUT2D eigenvalue weighted by atomic mass is 35.5. The fourth-order valence-electron chi connectivity index (χ4n) is 0. The Bertz CT molecular complexity index is 44.5. The molecule has 8 heavy (non-hydrogen) atoms. The number of halogens is 1. The van der Waals surface area contributed by atoms with Crippen molar-refractivity contribution in [1.82, 2.24) is 0 Å². The lowest BCUT2D eigenvalue weighted by Gasteiger charge is -1.60. The molecule has 1 N–H and O–H groups in total. The molecule has 0 spiro atoms. The van der Waals surface area contributed by atoms with Crippen LogP contribution in [-0.2, 0) is 0 Å². The van der Waals surface area contributed by atoms with Crippen LogP contribution in [0.15, 0.2) is 25.3 Å². The maximum Gasteiger partial charge on any atom is 0.0609 e. The van der Waals surface area contributed by atoms with Crippen LogP contribution in [0, 0.1) is 0 Å². The summed E-state index contributed by atoms with van der Waals surface area (Å²) >= 11 is 5.07. The van der Waals surface area contributed by atoms with E-state index in [1.165, 1.54) is 6.08 Å². The molecule has 0 aliphatic carbocycles. The second kappa shape index (κ2) is 15.9. The Hall–Kier alpha value is -0.270. The molecule has 0 radical (unpaired) electrons. The summed E-state index contributed by atoms with van der Waals surface area (Å²) in [6, 6.07) is 0. The molecule has 48 valence electrons. The zero-order chi connectivity index (χ0) is 6.83. The highest BCUT2D eigenvalue weighted by Crippen LogP contribution is 1.67. The van der Waals surface area contributed by atoms with Gasteiger partial charge in [-0.05, 0) is 0 Å². The van der Waals surface area contributed by atoms with Crippen molar-refractivity contribution in [2.24, 2.45) is 0 Å². The molecule has 0 aliphatic heterocycles. The number of aliphatic hydroxyl groups is 1. The van der Waals surface area contributed by atoms with Crippen LogP contribution < -0.4 is 0 Å². The number of allylic oxidation sites excluding steroid dienone is 1. The first-order valence-electron chi connectivity index (χ1n) is 2.22. The number of rotatable bonds is 2. The van der Waals surface area contributed by atoms with Gasteiger partial charge in [0.05, 0.1) is 6.61 Å². The molecule has 0 bridgehead atoms. The van der Waals surface area contributed by atoms with Gasteiger partial charge in [0.25, 0.3) is 0 Å². The van der Waals surface area contributed by atoms with Crippen LogP contribution in [-0.4, -0.2) is 17.6 Å². The fourth-order valence-corrected chi connectivity index (χ4v) is 0. The van der Waals surface area contributed by atoms with Crippen molar-refractivity contribution >= 4 is 11.6 Å². The number of alkyl halides is 1. The summed E-state index contributed by atoms with van der Waals surface area (Å²) in [6.45, 7) is 6.66. The van der Waals surface area contributed by atoms with Gasteiger partial charge >= 0.3 is 0 Å². The van der Waals surface area contributed by atoms with Gasteiger partial charge < -0.3 is 5.11 Å². The van der Waals surface area contributed by atoms with Crippen LogP contribution in [0.3, 0.4) is 0 Å². The lowest BCUT2D eigenvalue weighted by atomic mass is 10.7. The average molecular weight is 135 g/mol. The van der Waals surface area contributed by atoms with E-state index < -0.39 is 0 Å². The average Bonchev–Trinajstić information content (AvgIpc) is 1.88. The quantitative estimate of drug-likeness (QED) is 0.449. The summed E-state index contributed by atoms with van der Waals surface area (Å²) in [4.78, 5) is 0. The Balaban J connectivity index is 0. The van der Waals surface area contributed by atoms with Crippen LogP contribution in [0.25, 0.3) is 0 Å². The minimum absolute atomic E-state index is 0.0833. The highest BCUT2D eigenvalue weighted by Gasteiger charge is 1.48. The Morgan fingerprint density at radius 3 is 1.62 bits per heavy atom. The minimum atomic E-state index is 0.0833. The predicted molar refractivity (Wildman–Crippen MR) is 38.2 cm³/mol. The number of hydrogen-bond acceptors (Lipinski definition) is 1. The molecular weight excluding hydrogens is 124 g/mol. The van der Waals surface area contributed by atoms with E-state index in [2.05, 4.69) is 13.2 Å². The second-order valence-electron chi connectivity index (χ2n) is 0.914. The van der Waals surface area contributed by atoms with Gasteiger partial charge in [-0.15, -0.1) is 24.8 Å². The topological polar surface area (TPSA) is 20.2 Å². The van der Waals surface area contributed by atoms with Crippen molar-refractivity contribution < 1.29 is 5.11 Å². The van der Waals surface area contributed by atoms with Crippen molar-refractivity contribution in [3.05, 3.63) is 25.3 Å². The Labute approximate surface area is 55.3 Å². The molecule has 0 saturated carbocycles. The summed E-state index contributed by atoms with van der Waals surface area (Å²) in [6.07, 6.45) is 3.07. The van der Waals surface area contributed by atoms with Crippen molar-refractivity contribution in [2.45, 2.75) is 0 Å². The van der Waals surface area contributed by atoms with E-state index in [9.17, 15) is 0 Å². The van der Waals surface area contributed by atoms with Crippen molar-refractivity contribution in [1.29, 1.82) is 0 Å². The van der Waals surface area contributed by atoms with E-state index >= 15 is 0 Å². The van der Waals surface area contributed by atoms with Gasteiger partial charge in [0.15, 0.2) is 0 Å². The SMILES string of the molecule is C=CCCl.C=CCO. The van der Waals surface area contributed by atoms with E-state index in [1.54, 1.807) is 6.08 Å². The van der Waals surface area contributed by atoms with E-state index in [1.807, 2.05) is 0 Å². The van der Waals surface area contributed by atoms with Gasteiger partial charge in [0, 0.05) is 5.88 Å². The van der Waals surface area contributed by atoms with Gasteiger partial charge in [0.1, 0.15) is 0 Å². The maximum atomic E-state index is 7.76. The van der Waals surface area contributed by atoms with Crippen LogP contribution in [0.2, 0.25) is 0 Å². The Morgan fingerprint density at radius 1 is 1.38 bits per heavy atom. The Morgan fingerprint density at radius 2 is 1.62 bits per heavy atom. The normalized spacial score (nSPS) is 6.25. The number of aliphatic hydroxyl groups excluding tert-OH is 1. The van der Waals surface area contributed by atoms with E-state index in [0.29, 0.717) is 5.88 Å². The standard InChI is InChI=1S/C3H5Cl.C3H6O/c2*1-2-3-4/h2H,1,3H2;2,4H,1,3H2. The minimum Gasteiger partial charge on any atom is -0.392 e. The first kappa shape index (κ1) is 10.7. The molecule has 0 amide bonds. The molecular formula is C6H11ClO. The molecule has 0 fully saturated rings. The lowest BCUT2D eigenvalue weighted by Crippen LogP contribution is -1.62. The predicted octanol–water partition coefficient (Wildman–Crippen LogP) is 1.58. The maximum absolute atomic E-state index is 7.76. The molecule has 0 unspecified atom stereocenters. The van der Waals surface area contributed by atoms with Crippen molar-refractivity contribution in [3.8, 4) is 0 Å². The monoisotopic (exact) mass is 134 g/mol. The molecule has 0 aliphatic rings. The van der Waals surface area contributed by atoms with Gasteiger partial charge in [-0.3, -0.25) is 0 Å². The van der Waals surface area contributed by atoms with Crippen LogP contribution >= 0.6 is 11.6 Å². The third kappa shape index (κ3) is 42.8. The second-order valence-corrected chi connectivity index (χ2v) is 1.22. The molecule has 0 heterocycles. The summed E-state index contributed by atoms with van der Waals surface area (Å²) in [7, 11) is 0. The van der Waals surface area contributed by atoms with Gasteiger partial charge in [-0.1, -0.05) is 12.2 Å². The summed E-state index contributed by atoms with van der Waals surface area (Å²) < 4.78 is 0. The first-order chi connectivity index (χ1) is 3.83. The lowest BCUT2D eigenvalue weighted by molar-refractivity contribution is 0.343. The van der Waals surface area contributed by atoms with Crippen LogP contribution in [0.4, 0.5) is 0 Å². The molecule has 0 aromatic carbocycles. The molecule has 1 nitrogen and oxygen atoms in total. The first-order valence-corrected chi connectivity index (χ1v) is 2.75. The summed E-state index contributed by atoms with van der Waals surface area (Å²) in [5, 5.41) is 7.76. The number of hydrogen-bond donors (Lipinski definition) is 1. The van der Waals surface area contributed by atoms with E-state index in [-0.39, 0.29) is 6.61 Å². The molecule has 0 rings (SSSR count). The van der Waals surface area contributed by atoms with Crippen molar-refractivity contribution in [2.75, 3.05) is 12.5 Å². The molecule has 0 aromatic rings. The Kier molecular flexibility index (Phi) is 21.2. The van der Waals surface area contributed by atoms with Crippen molar-refractivity contribution in [3.63, 3.8) is 0 Å². The fraction of sp³-hybridized carbons (Fsp3) is 0.333. The molecule has 0 aromatic heterocycles. The zero-order valence-electron chi connectivity index (χ0n) is 4.81. The van der Waals surface area contributed by atoms with Crippen LogP contribution in [0.1, 0.15) is 0 Å². The van der Waals surface area contributed by atoms with Crippen LogP contribution in [0.5, 0.6) is 0 Å². The highest BCUT2D eigenvalue weighted by molar-refractivity contribution is 6.18. The molecule has 0 saturated heterocycles. The van der Waals surface area contributed by atoms with E-state index in [0.717, 1.165) is 0 Å². The van der Waals surface area contributed by atoms with E-state index in [4.69, 9.17) is 16.7 Å². The largest absolute Gasteiger partial charge is 0.392 e. The molecule has 2 heteroatoms. The van der Waals surface area contributed by atoms with Gasteiger partial charge in [-0.2, -0.15) is 0 Å². The third-order valence-corrected chi connectivity index (χ3v) is 0.456.